The third-order valence-corrected chi connectivity index (χ3v) is 4.66. The molecule has 0 aliphatic carbocycles. The molecule has 1 aliphatic heterocycles. The van der Waals surface area contributed by atoms with E-state index in [1.165, 1.54) is 18.9 Å². The normalized spacial score (nSPS) is 11.6. The Kier molecular flexibility index (Phi) is 10.7. The third-order valence-electron chi connectivity index (χ3n) is 4.66. The fraction of sp³-hybridized carbons (Fsp3) is 0.417. The average Bonchev–Trinajstić information content (AvgIpc) is 3.22. The van der Waals surface area contributed by atoms with Gasteiger partial charge in [0.25, 0.3) is 5.91 Å². The van der Waals surface area contributed by atoms with Crippen LogP contribution in [-0.4, -0.2) is 64.9 Å². The summed E-state index contributed by atoms with van der Waals surface area (Å²) in [5.41, 5.74) is 3.24. The van der Waals surface area contributed by atoms with Gasteiger partial charge < -0.3 is 14.5 Å². The van der Waals surface area contributed by atoms with Gasteiger partial charge in [-0.1, -0.05) is 26.0 Å². The zero-order chi connectivity index (χ0) is 25.1. The highest BCUT2D eigenvalue weighted by Gasteiger charge is 2.28. The summed E-state index contributed by atoms with van der Waals surface area (Å²) >= 11 is 0. The zero-order valence-electron chi connectivity index (χ0n) is 20.4. The van der Waals surface area contributed by atoms with Gasteiger partial charge in [-0.05, 0) is 31.5 Å². The number of anilines is 1. The van der Waals surface area contributed by atoms with Crippen LogP contribution in [0.3, 0.4) is 0 Å². The Labute approximate surface area is 195 Å². The number of aromatic nitrogens is 2. The molecule has 9 nitrogen and oxygen atoms in total. The van der Waals surface area contributed by atoms with Crippen molar-refractivity contribution in [1.82, 2.24) is 19.6 Å². The molecule has 0 fully saturated rings. The van der Waals surface area contributed by atoms with E-state index in [2.05, 4.69) is 27.5 Å². The minimum atomic E-state index is -0.578. The van der Waals surface area contributed by atoms with Gasteiger partial charge in [-0.25, -0.2) is 4.79 Å². The summed E-state index contributed by atoms with van der Waals surface area (Å²) in [6.45, 7) is 10.2. The first-order valence-corrected chi connectivity index (χ1v) is 10.6. The molecule has 1 aromatic carbocycles. The Balaban J connectivity index is 0.00000101. The van der Waals surface area contributed by atoms with E-state index in [-0.39, 0.29) is 18.5 Å². The summed E-state index contributed by atoms with van der Waals surface area (Å²) in [5, 5.41) is 7.23. The van der Waals surface area contributed by atoms with Gasteiger partial charge in [-0.3, -0.25) is 19.6 Å². The Morgan fingerprint density at radius 1 is 1.27 bits per heavy atom. The summed E-state index contributed by atoms with van der Waals surface area (Å²) in [6.07, 6.45) is 4.02. The zero-order valence-corrected chi connectivity index (χ0v) is 20.4. The molecule has 33 heavy (non-hydrogen) atoms. The number of ether oxygens (including phenoxy) is 1. The summed E-state index contributed by atoms with van der Waals surface area (Å²) in [7, 11) is 2.95. The van der Waals surface area contributed by atoms with E-state index in [1.54, 1.807) is 29.6 Å². The van der Waals surface area contributed by atoms with Gasteiger partial charge >= 0.3 is 6.09 Å². The average molecular weight is 456 g/mol. The molecule has 178 valence electrons. The van der Waals surface area contributed by atoms with Crippen molar-refractivity contribution in [3.63, 3.8) is 0 Å². The van der Waals surface area contributed by atoms with E-state index in [4.69, 9.17) is 0 Å². The molecule has 9 heteroatoms. The van der Waals surface area contributed by atoms with Gasteiger partial charge in [0.15, 0.2) is 0 Å². The summed E-state index contributed by atoms with van der Waals surface area (Å²) in [4.78, 5) is 39.1. The molecule has 1 aromatic heterocycles. The number of nitrogens with one attached hydrogen (secondary N) is 1. The number of fused-ring (bicyclic) bond motifs is 1. The molecular formula is C24H33N5O4. The van der Waals surface area contributed by atoms with Crippen molar-refractivity contribution in [2.24, 2.45) is 0 Å². The largest absolute Gasteiger partial charge is 0.453 e. The number of aryl methyl sites for hydroxylation is 1. The maximum absolute atomic E-state index is 12.8. The predicted molar refractivity (Wildman–Crippen MR) is 129 cm³/mol. The van der Waals surface area contributed by atoms with E-state index >= 15 is 0 Å². The standard InChI is InChI=1S/C19H23N5O4.C3H4.C2H6/c1-12-5-6-14(15(9-12)20-19(27)28-4)16-10-17-18(26)23(7-8-24(17)21-16)11-22(3)13(2)25;1-3-2;1-2/h5-6,9-10H,7-8,11H2,1-4H3,(H,20,27);1H,2H3;1-2H3. The lowest BCUT2D eigenvalue weighted by Gasteiger charge is -2.30. The molecule has 0 atom stereocenters. The monoisotopic (exact) mass is 455 g/mol. The minimum Gasteiger partial charge on any atom is -0.453 e. The van der Waals surface area contributed by atoms with Gasteiger partial charge in [0.05, 0.1) is 31.7 Å². The van der Waals surface area contributed by atoms with Crippen molar-refractivity contribution in [3.8, 4) is 23.6 Å². The van der Waals surface area contributed by atoms with Crippen LogP contribution < -0.4 is 5.32 Å². The second-order valence-electron chi connectivity index (χ2n) is 7.02. The topological polar surface area (TPSA) is 96.8 Å². The Morgan fingerprint density at radius 2 is 1.91 bits per heavy atom. The highest BCUT2D eigenvalue weighted by atomic mass is 16.5. The van der Waals surface area contributed by atoms with Gasteiger partial charge in [0.2, 0.25) is 5.91 Å². The number of carbonyl (C=O) groups excluding carboxylic acids is 3. The van der Waals surface area contributed by atoms with Gasteiger partial charge in [-0.15, -0.1) is 12.3 Å². The number of benzene rings is 1. The van der Waals surface area contributed by atoms with E-state index in [0.717, 1.165) is 5.56 Å². The van der Waals surface area contributed by atoms with Gasteiger partial charge in [-0.2, -0.15) is 5.10 Å². The molecular weight excluding hydrogens is 422 g/mol. The Hall–Kier alpha value is -3.80. The first-order valence-electron chi connectivity index (χ1n) is 10.6. The van der Waals surface area contributed by atoms with Crippen molar-refractivity contribution >= 4 is 23.6 Å². The summed E-state index contributed by atoms with van der Waals surface area (Å²) < 4.78 is 6.34. The van der Waals surface area contributed by atoms with Crippen LogP contribution in [0.1, 0.15) is 43.7 Å². The van der Waals surface area contributed by atoms with E-state index < -0.39 is 6.09 Å². The van der Waals surface area contributed by atoms with Crippen LogP contribution in [0, 0.1) is 19.3 Å². The Morgan fingerprint density at radius 3 is 2.48 bits per heavy atom. The molecule has 1 N–H and O–H groups in total. The molecule has 2 heterocycles. The molecule has 3 amide bonds. The molecule has 1 aliphatic rings. The van der Waals surface area contributed by atoms with Crippen LogP contribution in [0.4, 0.5) is 10.5 Å². The van der Waals surface area contributed by atoms with Crippen LogP contribution in [0.25, 0.3) is 11.3 Å². The number of terminal acetylenes is 1. The number of carbonyl (C=O) groups is 3. The van der Waals surface area contributed by atoms with E-state index in [9.17, 15) is 14.4 Å². The summed E-state index contributed by atoms with van der Waals surface area (Å²) in [5.74, 6) is 1.96. The van der Waals surface area contributed by atoms with Crippen LogP contribution in [0.2, 0.25) is 0 Å². The number of nitrogens with zero attached hydrogens (tertiary/aromatic N) is 4. The van der Waals surface area contributed by atoms with Crippen LogP contribution >= 0.6 is 0 Å². The number of methoxy groups -OCH3 is 1. The number of rotatable bonds is 4. The second kappa shape index (κ2) is 12.9. The molecule has 0 saturated heterocycles. The second-order valence-corrected chi connectivity index (χ2v) is 7.02. The molecule has 3 rings (SSSR count). The quantitative estimate of drug-likeness (QED) is 0.711. The van der Waals surface area contributed by atoms with Gasteiger partial charge in [0, 0.05) is 26.1 Å². The van der Waals surface area contributed by atoms with Crippen molar-refractivity contribution in [2.45, 2.75) is 41.2 Å². The fourth-order valence-electron chi connectivity index (χ4n) is 3.01. The Bertz CT molecular complexity index is 1020. The fourth-order valence-corrected chi connectivity index (χ4v) is 3.01. The molecule has 0 radical (unpaired) electrons. The molecule has 0 bridgehead atoms. The lowest BCUT2D eigenvalue weighted by molar-refractivity contribution is -0.129. The smallest absolute Gasteiger partial charge is 0.411 e. The first-order chi connectivity index (χ1) is 15.7. The SMILES string of the molecule is C#CC.CC.COC(=O)Nc1cc(C)ccc1-c1cc2n(n1)CCN(CN(C)C(C)=O)C2=O. The molecule has 0 unspecified atom stereocenters. The van der Waals surface area contributed by atoms with Crippen molar-refractivity contribution in [1.29, 1.82) is 0 Å². The number of hydrogen-bond donors (Lipinski definition) is 1. The van der Waals surface area contributed by atoms with Crippen molar-refractivity contribution in [3.05, 3.63) is 35.5 Å². The predicted octanol–water partition coefficient (Wildman–Crippen LogP) is 3.59. The summed E-state index contributed by atoms with van der Waals surface area (Å²) in [6, 6.07) is 7.28. The third kappa shape index (κ3) is 7.10. The van der Waals surface area contributed by atoms with Crippen molar-refractivity contribution < 1.29 is 19.1 Å². The lowest BCUT2D eigenvalue weighted by Crippen LogP contribution is -2.46. The van der Waals surface area contributed by atoms with E-state index in [1.807, 2.05) is 39.0 Å². The maximum atomic E-state index is 12.8. The highest BCUT2D eigenvalue weighted by molar-refractivity contribution is 5.96. The van der Waals surface area contributed by atoms with Crippen LogP contribution in [0.15, 0.2) is 24.3 Å². The van der Waals surface area contributed by atoms with E-state index in [0.29, 0.717) is 35.7 Å². The maximum Gasteiger partial charge on any atom is 0.411 e. The van der Waals surface area contributed by atoms with Gasteiger partial charge in [0.1, 0.15) is 5.69 Å². The van der Waals surface area contributed by atoms with Crippen LogP contribution in [-0.2, 0) is 16.1 Å². The molecule has 0 spiro atoms. The highest BCUT2D eigenvalue weighted by Crippen LogP contribution is 2.30. The number of hydrogen-bond acceptors (Lipinski definition) is 5. The molecule has 2 aromatic rings. The van der Waals surface area contributed by atoms with Crippen LogP contribution in [0.5, 0.6) is 0 Å². The first kappa shape index (κ1) is 27.2. The lowest BCUT2D eigenvalue weighted by atomic mass is 10.1. The molecule has 0 saturated carbocycles. The minimum absolute atomic E-state index is 0.106. The van der Waals surface area contributed by atoms with Crippen molar-refractivity contribution in [2.75, 3.05) is 32.7 Å². The number of amides is 3.